The molecule has 0 bridgehead atoms. The summed E-state index contributed by atoms with van der Waals surface area (Å²) in [5, 5.41) is 10.1. The van der Waals surface area contributed by atoms with Crippen LogP contribution in [0.4, 0.5) is 0 Å². The number of rotatable bonds is 4. The summed E-state index contributed by atoms with van der Waals surface area (Å²) in [6.07, 6.45) is 3.78. The van der Waals surface area contributed by atoms with E-state index in [0.717, 1.165) is 15.8 Å². The molecule has 7 aromatic carbocycles. The van der Waals surface area contributed by atoms with E-state index in [-0.39, 0.29) is 0 Å². The van der Waals surface area contributed by atoms with Crippen LogP contribution in [0.3, 0.4) is 0 Å². The molecule has 0 N–H and O–H groups in total. The molecule has 0 radical (unpaired) electrons. The Morgan fingerprint density at radius 2 is 1.20 bits per heavy atom. The predicted molar refractivity (Wildman–Crippen MR) is 181 cm³/mol. The summed E-state index contributed by atoms with van der Waals surface area (Å²) >= 11 is 1.80. The summed E-state index contributed by atoms with van der Waals surface area (Å²) in [6.45, 7) is 7.94. The van der Waals surface area contributed by atoms with E-state index in [9.17, 15) is 0 Å². The van der Waals surface area contributed by atoms with Crippen molar-refractivity contribution in [2.75, 3.05) is 0 Å². The van der Waals surface area contributed by atoms with Crippen LogP contribution in [-0.4, -0.2) is 0 Å². The highest BCUT2D eigenvalue weighted by Crippen LogP contribution is 2.41. The average Bonchev–Trinajstić information content (AvgIpc) is 3.42. The highest BCUT2D eigenvalue weighted by atomic mass is 32.1. The average molecular weight is 537 g/mol. The minimum absolute atomic E-state index is 1.10. The normalized spacial score (nSPS) is 11.4. The Kier molecular flexibility index (Phi) is 5.32. The van der Waals surface area contributed by atoms with Crippen molar-refractivity contribution in [3.8, 4) is 22.3 Å². The topological polar surface area (TPSA) is 0 Å². The molecule has 0 saturated carbocycles. The molecule has 0 aliphatic heterocycles. The van der Waals surface area contributed by atoms with E-state index in [2.05, 4.69) is 128 Å². The van der Waals surface area contributed by atoms with Gasteiger partial charge >= 0.3 is 0 Å². The monoisotopic (exact) mass is 536 g/mol. The van der Waals surface area contributed by atoms with Crippen LogP contribution in [0.5, 0.6) is 0 Å². The Hall–Kier alpha value is -5.16. The van der Waals surface area contributed by atoms with Crippen LogP contribution in [-0.2, 0) is 0 Å². The van der Waals surface area contributed by atoms with Gasteiger partial charge in [-0.05, 0) is 96.0 Å². The molecule has 0 fully saturated rings. The minimum Gasteiger partial charge on any atom is -0.125 e. The number of hydrogen-bond donors (Lipinski definition) is 0. The van der Waals surface area contributed by atoms with Gasteiger partial charge in [0.25, 0.3) is 0 Å². The van der Waals surface area contributed by atoms with E-state index in [0.29, 0.717) is 0 Å². The molecule has 8 rings (SSSR count). The molecule has 1 aromatic heterocycles. The molecule has 0 atom stereocenters. The second-order valence-corrected chi connectivity index (χ2v) is 11.5. The fourth-order valence-corrected chi connectivity index (χ4v) is 7.37. The van der Waals surface area contributed by atoms with Gasteiger partial charge in [-0.3, -0.25) is 0 Å². The van der Waals surface area contributed by atoms with Gasteiger partial charge in [-0.15, -0.1) is 11.3 Å². The van der Waals surface area contributed by atoms with Crippen LogP contribution in [0.1, 0.15) is 11.1 Å². The molecule has 0 saturated heterocycles. The van der Waals surface area contributed by atoms with Crippen molar-refractivity contribution >= 4 is 76.0 Å². The van der Waals surface area contributed by atoms with Gasteiger partial charge in [0.2, 0.25) is 0 Å². The summed E-state index contributed by atoms with van der Waals surface area (Å²) in [5.74, 6) is 0. The van der Waals surface area contributed by atoms with E-state index in [1.54, 1.807) is 11.3 Å². The van der Waals surface area contributed by atoms with Gasteiger partial charge in [-0.1, -0.05) is 116 Å². The molecule has 0 aliphatic carbocycles. The summed E-state index contributed by atoms with van der Waals surface area (Å²) in [4.78, 5) is 0. The SMILES string of the molecule is C=Cc1ccc(-c2ccc3ccc4c5cc(-c6cccc7c6sc6c#cccc67)ccc5ccc4c3c2)cc1C=C. The first-order valence-electron chi connectivity index (χ1n) is 13.7. The fourth-order valence-electron chi connectivity index (χ4n) is 6.19. The molecule has 1 heteroatoms. The Labute approximate surface area is 243 Å². The second-order valence-electron chi connectivity index (χ2n) is 10.5. The molecule has 8 aromatic rings. The third-order valence-corrected chi connectivity index (χ3v) is 9.45. The maximum Gasteiger partial charge on any atom is 0.0857 e. The van der Waals surface area contributed by atoms with E-state index in [1.807, 2.05) is 18.2 Å². The smallest absolute Gasteiger partial charge is 0.0857 e. The number of benzene rings is 6. The zero-order valence-electron chi connectivity index (χ0n) is 22.4. The van der Waals surface area contributed by atoms with Gasteiger partial charge in [-0.2, -0.15) is 0 Å². The van der Waals surface area contributed by atoms with Gasteiger partial charge in [0.05, 0.1) is 4.70 Å². The van der Waals surface area contributed by atoms with Crippen molar-refractivity contribution in [2.45, 2.75) is 0 Å². The van der Waals surface area contributed by atoms with Crippen LogP contribution in [0.15, 0.2) is 122 Å². The molecular formula is C40H24S. The predicted octanol–water partition coefficient (Wildman–Crippen LogP) is 11.7. The van der Waals surface area contributed by atoms with Crippen molar-refractivity contribution in [3.63, 3.8) is 0 Å². The Balaban J connectivity index is 1.33. The Morgan fingerprint density at radius 3 is 1.95 bits per heavy atom. The molecule has 1 heterocycles. The molecule has 0 nitrogen and oxygen atoms in total. The van der Waals surface area contributed by atoms with Gasteiger partial charge < -0.3 is 0 Å². The third-order valence-electron chi connectivity index (χ3n) is 8.28. The molecule has 190 valence electrons. The Bertz CT molecular complexity index is 2350. The molecule has 41 heavy (non-hydrogen) atoms. The van der Waals surface area contributed by atoms with Gasteiger partial charge in [0, 0.05) is 15.5 Å². The van der Waals surface area contributed by atoms with E-state index < -0.39 is 0 Å². The zero-order chi connectivity index (χ0) is 27.5. The van der Waals surface area contributed by atoms with Crippen molar-refractivity contribution in [2.24, 2.45) is 0 Å². The van der Waals surface area contributed by atoms with Crippen molar-refractivity contribution in [1.82, 2.24) is 0 Å². The Morgan fingerprint density at radius 1 is 0.537 bits per heavy atom. The maximum atomic E-state index is 4.00. The summed E-state index contributed by atoms with van der Waals surface area (Å²) in [5.41, 5.74) is 7.07. The van der Waals surface area contributed by atoms with Crippen molar-refractivity contribution in [3.05, 3.63) is 146 Å². The van der Waals surface area contributed by atoms with Crippen LogP contribution in [0.2, 0.25) is 0 Å². The van der Waals surface area contributed by atoms with E-state index in [1.165, 1.54) is 70.0 Å². The lowest BCUT2D eigenvalue weighted by molar-refractivity contribution is 1.59. The second kappa shape index (κ2) is 9.20. The lowest BCUT2D eigenvalue weighted by Gasteiger charge is -2.12. The van der Waals surface area contributed by atoms with Crippen LogP contribution < -0.4 is 0 Å². The van der Waals surface area contributed by atoms with Gasteiger partial charge in [0.1, 0.15) is 0 Å². The quantitative estimate of drug-likeness (QED) is 0.196. The highest BCUT2D eigenvalue weighted by molar-refractivity contribution is 7.26. The number of fused-ring (bicyclic) bond motifs is 8. The summed E-state index contributed by atoms with van der Waals surface area (Å²) < 4.78 is 2.46. The first-order chi connectivity index (χ1) is 20.2. The number of hydrogen-bond acceptors (Lipinski definition) is 1. The van der Waals surface area contributed by atoms with Crippen LogP contribution in [0, 0.1) is 12.1 Å². The van der Waals surface area contributed by atoms with Crippen molar-refractivity contribution < 1.29 is 0 Å². The summed E-state index contributed by atoms with van der Waals surface area (Å²) in [6, 6.07) is 46.4. The molecule has 0 unspecified atom stereocenters. The largest absolute Gasteiger partial charge is 0.125 e. The number of thiophene rings is 1. The van der Waals surface area contributed by atoms with E-state index in [4.69, 9.17) is 0 Å². The molecular weight excluding hydrogens is 513 g/mol. The fraction of sp³-hybridized carbons (Fsp3) is 0. The summed E-state index contributed by atoms with van der Waals surface area (Å²) in [7, 11) is 0. The third kappa shape index (κ3) is 3.70. The minimum atomic E-state index is 1.10. The van der Waals surface area contributed by atoms with Gasteiger partial charge in [0.15, 0.2) is 0 Å². The van der Waals surface area contributed by atoms with Crippen LogP contribution >= 0.6 is 11.3 Å². The van der Waals surface area contributed by atoms with Gasteiger partial charge in [-0.25, -0.2) is 0 Å². The first kappa shape index (κ1) is 23.7. The van der Waals surface area contributed by atoms with E-state index >= 15 is 0 Å². The lowest BCUT2D eigenvalue weighted by Crippen LogP contribution is -1.86. The maximum absolute atomic E-state index is 4.00. The molecule has 0 amide bonds. The molecule has 0 aliphatic rings. The standard InChI is InChI=1S/C40H24S/c1-3-25-12-15-29(22-26(25)4-2)30-16-13-27-18-21-34-33(37(27)23-30)20-19-28-14-17-31(24-38(28)34)32-9-7-10-36-35-8-5-6-11-39(35)41-40(32)36/h3-5,7-10,12-24H,1-2H2. The molecule has 0 spiro atoms. The lowest BCUT2D eigenvalue weighted by atomic mass is 9.92. The van der Waals surface area contributed by atoms with Crippen LogP contribution in [0.25, 0.3) is 86.9 Å². The zero-order valence-corrected chi connectivity index (χ0v) is 23.2. The van der Waals surface area contributed by atoms with Crippen molar-refractivity contribution in [1.29, 1.82) is 0 Å². The highest BCUT2D eigenvalue weighted by Gasteiger charge is 2.12. The first-order valence-corrected chi connectivity index (χ1v) is 14.6.